The fourth-order valence-corrected chi connectivity index (χ4v) is 9.29. The number of carbonyl (C=O) groups is 3. The maximum atomic E-state index is 14.5. The predicted octanol–water partition coefficient (Wildman–Crippen LogP) is 3.21. The first-order valence-corrected chi connectivity index (χ1v) is 21.3. The van der Waals surface area contributed by atoms with Crippen molar-refractivity contribution in [2.24, 2.45) is 23.5 Å². The van der Waals surface area contributed by atoms with Crippen molar-refractivity contribution in [3.63, 3.8) is 0 Å². The number of nitrogen functional groups attached to an aromatic ring is 1. The summed E-state index contributed by atoms with van der Waals surface area (Å²) < 4.78 is 32.9. The van der Waals surface area contributed by atoms with Gasteiger partial charge in [0, 0.05) is 56.1 Å². The lowest BCUT2D eigenvalue weighted by Gasteiger charge is -2.45. The van der Waals surface area contributed by atoms with Crippen LogP contribution in [-0.2, 0) is 39.8 Å². The first-order valence-electron chi connectivity index (χ1n) is 21.3. The fraction of sp³-hybridized carbons (Fsp3) is 0.698. The van der Waals surface area contributed by atoms with Gasteiger partial charge >= 0.3 is 12.1 Å². The van der Waals surface area contributed by atoms with Gasteiger partial charge in [0.25, 0.3) is 0 Å². The molecule has 0 radical (unpaired) electrons. The molecule has 2 unspecified atom stereocenters. The Labute approximate surface area is 353 Å². The molecule has 0 bridgehead atoms. The molecule has 0 spiro atoms. The van der Waals surface area contributed by atoms with Crippen LogP contribution in [0, 0.1) is 17.8 Å². The van der Waals surface area contributed by atoms with E-state index in [1.54, 1.807) is 23.4 Å². The molecule has 7 N–H and O–H groups in total. The fourth-order valence-electron chi connectivity index (χ4n) is 9.29. The van der Waals surface area contributed by atoms with E-state index in [-0.39, 0.29) is 31.5 Å². The smallest absolute Gasteiger partial charge is 0.410 e. The molecule has 13 atom stereocenters. The molecule has 4 heterocycles. The molecule has 3 aliphatic heterocycles. The highest BCUT2D eigenvalue weighted by atomic mass is 16.7. The number of aliphatic hydroxyl groups excluding tert-OH is 2. The number of nitrogens with zero attached hydrogens (tertiary/aromatic N) is 4. The standard InChI is InChI=1S/C43H67N7O10/c1-9-30-35(52)27(5)38(59-40-36(53)31(45)20-26(4)57-40)42(6,56-8)22-25(3)23-46-32(16-19-51)37-43(7,34(10-2)58-39(30)54)60-41(55)50(37)18-12-11-17-49-24-33(47-48-49)28-14-13-15-29(44)21-28/h9,13-15,21,24-27,30-32,34,36-38,40,46,51,53H,1,10-12,16-20,22-23,44-45H2,2-8H3/t25-,26-,27+,30-,31?,32-,34-,36?,37-,38-,40+,42-,43-/m1/s1. The Morgan fingerprint density at radius 1 is 1.15 bits per heavy atom. The normalized spacial score (nSPS) is 35.9. The van der Waals surface area contributed by atoms with Gasteiger partial charge in [0.05, 0.1) is 30.0 Å². The largest absolute Gasteiger partial charge is 0.457 e. The van der Waals surface area contributed by atoms with Crippen LogP contribution < -0.4 is 16.8 Å². The zero-order chi connectivity index (χ0) is 43.9. The van der Waals surface area contributed by atoms with E-state index in [0.29, 0.717) is 56.7 Å². The van der Waals surface area contributed by atoms with Gasteiger partial charge in [0.2, 0.25) is 0 Å². The second-order valence-electron chi connectivity index (χ2n) is 17.2. The summed E-state index contributed by atoms with van der Waals surface area (Å²) in [6.45, 7) is 15.8. The zero-order valence-corrected chi connectivity index (χ0v) is 36.2. The van der Waals surface area contributed by atoms with E-state index < -0.39 is 83.6 Å². The number of esters is 1. The van der Waals surface area contributed by atoms with Gasteiger partial charge in [-0.3, -0.25) is 19.2 Å². The molecule has 3 fully saturated rings. The summed E-state index contributed by atoms with van der Waals surface area (Å²) in [6.07, 6.45) is 0.397. The van der Waals surface area contributed by atoms with Crippen molar-refractivity contribution in [2.75, 3.05) is 32.5 Å². The highest BCUT2D eigenvalue weighted by Gasteiger charge is 2.59. The number of hydrogen-bond acceptors (Lipinski definition) is 15. The van der Waals surface area contributed by atoms with E-state index in [1.165, 1.54) is 13.2 Å². The minimum atomic E-state index is -1.42. The number of unbranched alkanes of at least 4 members (excludes halogenated alkanes) is 1. The number of rotatable bonds is 13. The van der Waals surface area contributed by atoms with Gasteiger partial charge < -0.3 is 50.7 Å². The maximum Gasteiger partial charge on any atom is 0.410 e. The second kappa shape index (κ2) is 20.3. The van der Waals surface area contributed by atoms with E-state index in [1.807, 2.05) is 58.2 Å². The van der Waals surface area contributed by atoms with Gasteiger partial charge in [0.1, 0.15) is 23.8 Å². The van der Waals surface area contributed by atoms with Crippen LogP contribution in [0.4, 0.5) is 10.5 Å². The molecule has 1 amide bonds. The Morgan fingerprint density at radius 3 is 2.55 bits per heavy atom. The van der Waals surface area contributed by atoms with Crippen molar-refractivity contribution in [1.29, 1.82) is 0 Å². The number of carbonyl (C=O) groups excluding carboxylic acids is 3. The van der Waals surface area contributed by atoms with Crippen LogP contribution in [0.1, 0.15) is 80.1 Å². The number of cyclic esters (lactones) is 1. The SMILES string of the molecule is C=C[C@H]1C(=O)O[C@H](CC)[C@@]2(C)OC(=O)N(CCCCn3cc(-c4cccc(N)c4)nn3)[C@@H]2[C@@H](CCO)NC[C@H](C)C[C@@](C)(OC)[C@H](O[C@@H]2O[C@H](C)CC(N)C2O)[C@@H](C)C1=O. The molecular formula is C43H67N7O10. The van der Waals surface area contributed by atoms with Crippen molar-refractivity contribution in [1.82, 2.24) is 25.2 Å². The number of aromatic nitrogens is 3. The number of ketones is 1. The number of fused-ring (bicyclic) bond motifs is 1. The Kier molecular flexibility index (Phi) is 15.9. The van der Waals surface area contributed by atoms with Crippen LogP contribution in [0.15, 0.2) is 43.1 Å². The molecule has 17 nitrogen and oxygen atoms in total. The van der Waals surface area contributed by atoms with Crippen LogP contribution in [0.5, 0.6) is 0 Å². The van der Waals surface area contributed by atoms with E-state index in [2.05, 4.69) is 22.2 Å². The molecule has 1 aromatic heterocycles. The summed E-state index contributed by atoms with van der Waals surface area (Å²) in [5.74, 6) is -3.91. The molecule has 3 saturated heterocycles. The minimum absolute atomic E-state index is 0.124. The van der Waals surface area contributed by atoms with Crippen molar-refractivity contribution in [3.8, 4) is 11.3 Å². The van der Waals surface area contributed by atoms with Crippen LogP contribution in [-0.4, -0.2) is 135 Å². The van der Waals surface area contributed by atoms with E-state index in [4.69, 9.17) is 35.2 Å². The van der Waals surface area contributed by atoms with Crippen LogP contribution in [0.25, 0.3) is 11.3 Å². The Bertz CT molecular complexity index is 1780. The van der Waals surface area contributed by atoms with Crippen LogP contribution >= 0.6 is 0 Å². The lowest BCUT2D eigenvalue weighted by molar-refractivity contribution is -0.288. The molecule has 0 saturated carbocycles. The van der Waals surface area contributed by atoms with Crippen molar-refractivity contribution >= 4 is 23.5 Å². The number of anilines is 1. The summed E-state index contributed by atoms with van der Waals surface area (Å²) in [4.78, 5) is 44.3. The molecule has 3 aliphatic rings. The first kappa shape index (κ1) is 47.1. The number of aryl methyl sites for hydroxylation is 1. The third-order valence-corrected chi connectivity index (χ3v) is 12.5. The second-order valence-corrected chi connectivity index (χ2v) is 17.2. The topological polar surface area (TPSA) is 236 Å². The lowest BCUT2D eigenvalue weighted by Crippen LogP contribution is -2.62. The maximum absolute atomic E-state index is 14.5. The predicted molar refractivity (Wildman–Crippen MR) is 223 cm³/mol. The number of nitrogens with one attached hydrogen (secondary N) is 1. The van der Waals surface area contributed by atoms with E-state index >= 15 is 0 Å². The van der Waals surface area contributed by atoms with Crippen LogP contribution in [0.3, 0.4) is 0 Å². The number of nitrogens with two attached hydrogens (primary N) is 2. The molecule has 17 heteroatoms. The zero-order valence-electron chi connectivity index (χ0n) is 36.2. The highest BCUT2D eigenvalue weighted by molar-refractivity contribution is 6.02. The number of benzene rings is 1. The van der Waals surface area contributed by atoms with Crippen molar-refractivity contribution in [3.05, 3.63) is 43.1 Å². The van der Waals surface area contributed by atoms with Crippen molar-refractivity contribution < 1.29 is 48.3 Å². The molecule has 0 aliphatic carbocycles. The molecule has 1 aromatic carbocycles. The number of amides is 1. The summed E-state index contributed by atoms with van der Waals surface area (Å²) in [6, 6.07) is 5.61. The average Bonchev–Trinajstić information content (AvgIpc) is 3.78. The van der Waals surface area contributed by atoms with E-state index in [9.17, 15) is 24.6 Å². The van der Waals surface area contributed by atoms with E-state index in [0.717, 1.165) is 5.56 Å². The quantitative estimate of drug-likeness (QED) is 0.0641. The molecule has 2 aromatic rings. The molecule has 60 heavy (non-hydrogen) atoms. The summed E-state index contributed by atoms with van der Waals surface area (Å²) in [5, 5.41) is 33.7. The van der Waals surface area contributed by atoms with Gasteiger partial charge in [-0.1, -0.05) is 44.2 Å². The Hall–Kier alpha value is -3.97. The van der Waals surface area contributed by atoms with Gasteiger partial charge in [-0.25, -0.2) is 4.79 Å². The number of methoxy groups -OCH3 is 1. The van der Waals surface area contributed by atoms with Crippen LogP contribution in [0.2, 0.25) is 0 Å². The summed E-state index contributed by atoms with van der Waals surface area (Å²) in [5.41, 5.74) is 11.9. The minimum Gasteiger partial charge on any atom is -0.457 e. The first-order chi connectivity index (χ1) is 28.5. The number of aliphatic hydroxyl groups is 2. The average molecular weight is 842 g/mol. The number of hydrogen-bond donors (Lipinski definition) is 5. The molecule has 334 valence electrons. The lowest BCUT2D eigenvalue weighted by atomic mass is 9.78. The molecule has 5 rings (SSSR count). The Balaban J connectivity index is 1.44. The summed E-state index contributed by atoms with van der Waals surface area (Å²) in [7, 11) is 1.53. The molecular weight excluding hydrogens is 775 g/mol. The highest BCUT2D eigenvalue weighted by Crippen LogP contribution is 2.40. The van der Waals surface area contributed by atoms with Gasteiger partial charge in [-0.15, -0.1) is 11.7 Å². The van der Waals surface area contributed by atoms with Gasteiger partial charge in [0.15, 0.2) is 17.7 Å². The number of ether oxygens (including phenoxy) is 5. The van der Waals surface area contributed by atoms with Gasteiger partial charge in [-0.2, -0.15) is 0 Å². The summed E-state index contributed by atoms with van der Waals surface area (Å²) >= 11 is 0. The number of Topliss-reactive ketones (excluding diaryl/α,β-unsaturated/α-hetero) is 1. The van der Waals surface area contributed by atoms with Gasteiger partial charge in [-0.05, 0) is 83.9 Å². The Morgan fingerprint density at radius 2 is 1.88 bits per heavy atom. The third-order valence-electron chi connectivity index (χ3n) is 12.5. The third kappa shape index (κ3) is 10.4. The monoisotopic (exact) mass is 841 g/mol. The van der Waals surface area contributed by atoms with Crippen molar-refractivity contribution in [2.45, 2.75) is 147 Å².